The lowest BCUT2D eigenvalue weighted by atomic mass is 9.79. The summed E-state index contributed by atoms with van der Waals surface area (Å²) in [5.74, 6) is 0.730. The second-order valence-corrected chi connectivity index (χ2v) is 7.19. The van der Waals surface area contributed by atoms with Gasteiger partial charge in [-0.1, -0.05) is 5.16 Å². The van der Waals surface area contributed by atoms with E-state index in [9.17, 15) is 9.59 Å². The number of oxime groups is 1. The van der Waals surface area contributed by atoms with Crippen LogP contribution in [0.3, 0.4) is 0 Å². The molecule has 2 unspecified atom stereocenters. The van der Waals surface area contributed by atoms with Crippen molar-refractivity contribution in [3.8, 4) is 0 Å². The molecule has 8 nitrogen and oxygen atoms in total. The molecule has 0 aromatic rings. The van der Waals surface area contributed by atoms with E-state index in [1.54, 1.807) is 0 Å². The summed E-state index contributed by atoms with van der Waals surface area (Å²) in [6, 6.07) is -0.203. The minimum absolute atomic E-state index is 0.129. The van der Waals surface area contributed by atoms with E-state index in [2.05, 4.69) is 10.1 Å². The van der Waals surface area contributed by atoms with E-state index in [0.29, 0.717) is 32.4 Å². The van der Waals surface area contributed by atoms with Crippen molar-refractivity contribution in [3.05, 3.63) is 0 Å². The Bertz CT molecular complexity index is 570. The van der Waals surface area contributed by atoms with Crippen LogP contribution >= 0.6 is 0 Å². The number of carbonyl (C=O) groups is 2. The van der Waals surface area contributed by atoms with Crippen LogP contribution in [0.25, 0.3) is 0 Å². The van der Waals surface area contributed by atoms with Crippen LogP contribution in [-0.2, 0) is 14.4 Å². The van der Waals surface area contributed by atoms with E-state index in [-0.39, 0.29) is 12.0 Å². The number of esters is 1. The summed E-state index contributed by atoms with van der Waals surface area (Å²) < 4.78 is 5.18. The third-order valence-corrected chi connectivity index (χ3v) is 5.70. The Kier molecular flexibility index (Phi) is 4.09. The quantitative estimate of drug-likeness (QED) is 0.767. The number of piperidine rings is 1. The monoisotopic (exact) mass is 339 g/mol. The number of carboxylic acid groups (broad SMARTS) is 1. The first-order valence-corrected chi connectivity index (χ1v) is 8.48. The Balaban J connectivity index is 1.56. The van der Waals surface area contributed by atoms with E-state index in [1.807, 2.05) is 20.8 Å². The van der Waals surface area contributed by atoms with Gasteiger partial charge in [0.1, 0.15) is 5.84 Å². The van der Waals surface area contributed by atoms with Gasteiger partial charge in [-0.05, 0) is 33.6 Å². The molecule has 3 aliphatic heterocycles. The van der Waals surface area contributed by atoms with Crippen molar-refractivity contribution in [1.82, 2.24) is 9.80 Å². The molecule has 1 N–H and O–H groups in total. The van der Waals surface area contributed by atoms with Gasteiger partial charge in [0.25, 0.3) is 0 Å². The van der Waals surface area contributed by atoms with Gasteiger partial charge in [0.15, 0.2) is 5.60 Å². The normalized spacial score (nSPS) is 31.3. The fourth-order valence-corrected chi connectivity index (χ4v) is 3.68. The topological polar surface area (TPSA) is 91.7 Å². The summed E-state index contributed by atoms with van der Waals surface area (Å²) in [5.41, 5.74) is -0.955. The zero-order valence-corrected chi connectivity index (χ0v) is 14.4. The van der Waals surface area contributed by atoms with Crippen LogP contribution in [-0.4, -0.2) is 70.7 Å². The number of carbonyl (C=O) groups excluding carboxylic acids is 1. The molecule has 2 atom stereocenters. The molecule has 2 saturated heterocycles. The zero-order chi connectivity index (χ0) is 17.5. The van der Waals surface area contributed by atoms with E-state index < -0.39 is 17.1 Å². The van der Waals surface area contributed by atoms with Gasteiger partial charge in [0.2, 0.25) is 0 Å². The Morgan fingerprint density at radius 1 is 1.42 bits per heavy atom. The third kappa shape index (κ3) is 2.57. The molecule has 1 spiro atoms. The predicted octanol–water partition coefficient (Wildman–Crippen LogP) is 1.51. The molecule has 3 heterocycles. The molecule has 0 saturated carbocycles. The van der Waals surface area contributed by atoms with Crippen molar-refractivity contribution >= 4 is 17.9 Å². The van der Waals surface area contributed by atoms with Crippen LogP contribution < -0.4 is 0 Å². The first-order chi connectivity index (χ1) is 11.3. The molecular formula is C16H25N3O5. The van der Waals surface area contributed by atoms with Gasteiger partial charge in [-0.15, -0.1) is 0 Å². The maximum absolute atomic E-state index is 12.1. The number of hydrogen-bond donors (Lipinski definition) is 1. The van der Waals surface area contributed by atoms with E-state index >= 15 is 0 Å². The molecule has 3 rings (SSSR count). The second-order valence-electron chi connectivity index (χ2n) is 7.19. The molecule has 0 bridgehead atoms. The molecule has 1 amide bonds. The number of likely N-dealkylation sites (tertiary alicyclic amines) is 2. The minimum atomic E-state index is -0.923. The molecular weight excluding hydrogens is 314 g/mol. The maximum atomic E-state index is 12.1. The number of nitrogens with zero attached hydrogens (tertiary/aromatic N) is 3. The van der Waals surface area contributed by atoms with Gasteiger partial charge in [-0.25, -0.2) is 4.79 Å². The fraction of sp³-hybridized carbons (Fsp3) is 0.812. The van der Waals surface area contributed by atoms with Gasteiger partial charge >= 0.3 is 12.1 Å². The van der Waals surface area contributed by atoms with Gasteiger partial charge in [0.05, 0.1) is 31.0 Å². The highest BCUT2D eigenvalue weighted by atomic mass is 16.7. The maximum Gasteiger partial charge on any atom is 0.407 e. The van der Waals surface area contributed by atoms with Crippen molar-refractivity contribution < 1.29 is 24.3 Å². The zero-order valence-electron chi connectivity index (χ0n) is 14.4. The van der Waals surface area contributed by atoms with Crippen molar-refractivity contribution in [1.29, 1.82) is 0 Å². The van der Waals surface area contributed by atoms with Gasteiger partial charge in [-0.3, -0.25) is 9.69 Å². The minimum Gasteiger partial charge on any atom is -0.466 e. The SMILES string of the molecule is CCOC(=O)C1(C)CCN(C2=NOC3(C2)CN(C(=O)O)C3C)CC1. The van der Waals surface area contributed by atoms with E-state index in [1.165, 1.54) is 4.90 Å². The number of ether oxygens (including phenoxy) is 1. The molecule has 134 valence electrons. The standard InChI is InChI=1S/C16H25N3O5/c1-4-23-13(20)15(3)5-7-18(8-6-15)12-9-16(24-17-12)10-19(11(16)2)14(21)22/h11H,4-10H2,1-3H3,(H,21,22). The van der Waals surface area contributed by atoms with Crippen LogP contribution in [0.15, 0.2) is 5.16 Å². The van der Waals surface area contributed by atoms with Gasteiger partial charge in [0, 0.05) is 13.1 Å². The highest BCUT2D eigenvalue weighted by Gasteiger charge is 2.59. The number of amidine groups is 1. The smallest absolute Gasteiger partial charge is 0.407 e. The van der Waals surface area contributed by atoms with Crippen LogP contribution in [0.1, 0.15) is 40.0 Å². The number of hydrogen-bond acceptors (Lipinski definition) is 6. The molecule has 0 aliphatic carbocycles. The van der Waals surface area contributed by atoms with E-state index in [0.717, 1.165) is 18.9 Å². The molecule has 2 fully saturated rings. The first-order valence-electron chi connectivity index (χ1n) is 8.48. The van der Waals surface area contributed by atoms with Crippen LogP contribution in [0.2, 0.25) is 0 Å². The lowest BCUT2D eigenvalue weighted by molar-refractivity contribution is -0.156. The Morgan fingerprint density at radius 3 is 2.62 bits per heavy atom. The Morgan fingerprint density at radius 2 is 2.08 bits per heavy atom. The van der Waals surface area contributed by atoms with Gasteiger partial charge < -0.3 is 19.6 Å². The lowest BCUT2D eigenvalue weighted by Gasteiger charge is -2.50. The summed E-state index contributed by atoms with van der Waals surface area (Å²) in [7, 11) is 0. The van der Waals surface area contributed by atoms with Crippen LogP contribution in [0.4, 0.5) is 4.79 Å². The van der Waals surface area contributed by atoms with Crippen molar-refractivity contribution in [2.75, 3.05) is 26.2 Å². The Labute approximate surface area is 141 Å². The largest absolute Gasteiger partial charge is 0.466 e. The van der Waals surface area contributed by atoms with Crippen LogP contribution in [0, 0.1) is 5.41 Å². The van der Waals surface area contributed by atoms with E-state index in [4.69, 9.17) is 14.7 Å². The predicted molar refractivity (Wildman–Crippen MR) is 85.6 cm³/mol. The van der Waals surface area contributed by atoms with Crippen molar-refractivity contribution in [3.63, 3.8) is 0 Å². The highest BCUT2D eigenvalue weighted by molar-refractivity contribution is 5.85. The van der Waals surface area contributed by atoms with Crippen molar-refractivity contribution in [2.45, 2.75) is 51.7 Å². The summed E-state index contributed by atoms with van der Waals surface area (Å²) in [4.78, 5) is 32.3. The molecule has 8 heteroatoms. The molecule has 3 aliphatic rings. The summed E-state index contributed by atoms with van der Waals surface area (Å²) in [5, 5.41) is 13.3. The van der Waals surface area contributed by atoms with Gasteiger partial charge in [-0.2, -0.15) is 0 Å². The third-order valence-electron chi connectivity index (χ3n) is 5.70. The first kappa shape index (κ1) is 16.9. The molecule has 0 aromatic heterocycles. The molecule has 24 heavy (non-hydrogen) atoms. The fourth-order valence-electron chi connectivity index (χ4n) is 3.68. The van der Waals surface area contributed by atoms with Crippen molar-refractivity contribution in [2.24, 2.45) is 10.6 Å². The molecule has 0 aromatic carbocycles. The average Bonchev–Trinajstić information content (AvgIpc) is 3.00. The number of rotatable bonds is 2. The molecule has 0 radical (unpaired) electrons. The summed E-state index contributed by atoms with van der Waals surface area (Å²) >= 11 is 0. The van der Waals surface area contributed by atoms with Crippen LogP contribution in [0.5, 0.6) is 0 Å². The average molecular weight is 339 g/mol. The number of amides is 1. The second kappa shape index (κ2) is 5.82. The summed E-state index contributed by atoms with van der Waals surface area (Å²) in [6.45, 7) is 7.83. The highest BCUT2D eigenvalue weighted by Crippen LogP contribution is 2.41. The Hall–Kier alpha value is -1.99. The lowest BCUT2D eigenvalue weighted by Crippen LogP contribution is -2.70. The summed E-state index contributed by atoms with van der Waals surface area (Å²) in [6.07, 6.45) is 1.13.